The Hall–Kier alpha value is -6.78. The number of carbonyl (C=O) groups excluding carboxylic acids is 1. The van der Waals surface area contributed by atoms with Gasteiger partial charge in [-0.25, -0.2) is 18.0 Å². The second kappa shape index (κ2) is 18.4. The van der Waals surface area contributed by atoms with Crippen LogP contribution in [0.25, 0.3) is 10.8 Å². The number of amides is 2. The number of furan rings is 1. The number of rotatable bonds is 17. The summed E-state index contributed by atoms with van der Waals surface area (Å²) in [5.41, 5.74) is 3.09. The van der Waals surface area contributed by atoms with E-state index in [1.165, 1.54) is 19.4 Å². The Morgan fingerprint density at radius 1 is 0.817 bits per heavy atom. The van der Waals surface area contributed by atoms with Crippen molar-refractivity contribution in [3.63, 3.8) is 0 Å². The molecule has 0 atom stereocenters. The lowest BCUT2D eigenvalue weighted by molar-refractivity contribution is 0.0696. The molecule has 2 amide bonds. The zero-order valence-electron chi connectivity index (χ0n) is 34.0. The van der Waals surface area contributed by atoms with Crippen LogP contribution < -0.4 is 34.3 Å². The lowest BCUT2D eigenvalue weighted by Gasteiger charge is -2.24. The highest BCUT2D eigenvalue weighted by molar-refractivity contribution is 7.92. The van der Waals surface area contributed by atoms with Crippen molar-refractivity contribution in [1.29, 1.82) is 0 Å². The van der Waals surface area contributed by atoms with Gasteiger partial charge >= 0.3 is 12.0 Å². The summed E-state index contributed by atoms with van der Waals surface area (Å²) in [7, 11) is -0.673. The quantitative estimate of drug-likeness (QED) is 0.0638. The third-order valence-electron chi connectivity index (χ3n) is 9.05. The lowest BCUT2D eigenvalue weighted by Crippen LogP contribution is -2.22. The molecule has 0 radical (unpaired) electrons. The largest absolute Gasteiger partial charge is 0.497 e. The minimum absolute atomic E-state index is 0.0607. The maximum absolute atomic E-state index is 13.5. The molecule has 0 spiro atoms. The molecule has 4 aromatic carbocycles. The van der Waals surface area contributed by atoms with Crippen LogP contribution in [0.15, 0.2) is 102 Å². The van der Waals surface area contributed by atoms with E-state index in [2.05, 4.69) is 20.3 Å². The number of aromatic nitrogens is 1. The molecule has 0 saturated heterocycles. The molecule has 6 rings (SSSR count). The van der Waals surface area contributed by atoms with Gasteiger partial charge < -0.3 is 43.8 Å². The van der Waals surface area contributed by atoms with Gasteiger partial charge in [0.1, 0.15) is 48.2 Å². The smallest absolute Gasteiger partial charge is 0.338 e. The fourth-order valence-electron chi connectivity index (χ4n) is 6.24. The predicted molar refractivity (Wildman–Crippen MR) is 228 cm³/mol. The first-order chi connectivity index (χ1) is 28.6. The number of sulfonamides is 1. The monoisotopic (exact) mass is 838 g/mol. The highest BCUT2D eigenvalue weighted by atomic mass is 32.2. The minimum atomic E-state index is -3.65. The van der Waals surface area contributed by atoms with Crippen molar-refractivity contribution < 1.29 is 51.2 Å². The molecule has 2 aromatic heterocycles. The molecule has 0 bridgehead atoms. The highest BCUT2D eigenvalue weighted by Crippen LogP contribution is 2.40. The number of carboxylic acids is 1. The van der Waals surface area contributed by atoms with E-state index in [-0.39, 0.29) is 47.9 Å². The van der Waals surface area contributed by atoms with E-state index in [1.54, 1.807) is 49.7 Å². The van der Waals surface area contributed by atoms with Gasteiger partial charge in [-0.2, -0.15) is 0 Å². The number of carbonyl (C=O) groups is 2. The van der Waals surface area contributed by atoms with Gasteiger partial charge in [0.05, 0.1) is 49.7 Å². The molecule has 15 nitrogen and oxygen atoms in total. The summed E-state index contributed by atoms with van der Waals surface area (Å²) in [4.78, 5) is 29.1. The zero-order valence-corrected chi connectivity index (χ0v) is 34.8. The van der Waals surface area contributed by atoms with Gasteiger partial charge in [-0.15, -0.1) is 0 Å². The summed E-state index contributed by atoms with van der Waals surface area (Å²) >= 11 is 0. The second-order valence-corrected chi connectivity index (χ2v) is 16.5. The molecule has 16 heteroatoms. The molecule has 0 aliphatic rings. The normalized spacial score (nSPS) is 11.5. The number of aromatic carboxylic acids is 1. The van der Waals surface area contributed by atoms with Crippen LogP contribution in [0.2, 0.25) is 0 Å². The molecular weight excluding hydrogens is 793 g/mol. The third kappa shape index (κ3) is 11.2. The molecule has 60 heavy (non-hydrogen) atoms. The molecule has 0 unspecified atom stereocenters. The van der Waals surface area contributed by atoms with E-state index >= 15 is 0 Å². The van der Waals surface area contributed by atoms with Crippen molar-refractivity contribution in [2.45, 2.75) is 39.2 Å². The molecule has 0 aliphatic carbocycles. The van der Waals surface area contributed by atoms with Gasteiger partial charge in [0.15, 0.2) is 5.75 Å². The molecule has 4 N–H and O–H groups in total. The number of hydrogen-bond donors (Lipinski definition) is 4. The predicted octanol–water partition coefficient (Wildman–Crippen LogP) is 8.83. The first-order valence-corrected chi connectivity index (χ1v) is 20.6. The summed E-state index contributed by atoms with van der Waals surface area (Å²) in [6, 6.07) is 24.5. The molecule has 2 heterocycles. The first kappa shape index (κ1) is 42.8. The number of hydrogen-bond acceptors (Lipinski definition) is 11. The maximum Gasteiger partial charge on any atom is 0.338 e. The number of nitrogens with zero attached hydrogens (tertiary/aromatic N) is 1. The summed E-state index contributed by atoms with van der Waals surface area (Å²) in [6.07, 6.45) is 4.33. The van der Waals surface area contributed by atoms with Crippen LogP contribution in [0, 0.1) is 0 Å². The Balaban J connectivity index is 1.13. The fourth-order valence-corrected chi connectivity index (χ4v) is 6.79. The van der Waals surface area contributed by atoms with Crippen molar-refractivity contribution in [3.8, 4) is 28.7 Å². The molecule has 6 aromatic rings. The maximum atomic E-state index is 13.5. The van der Waals surface area contributed by atoms with E-state index in [9.17, 15) is 18.0 Å². The molecule has 314 valence electrons. The fraction of sp³-hybridized carbons (Fsp3) is 0.250. The van der Waals surface area contributed by atoms with Crippen molar-refractivity contribution in [2.75, 3.05) is 49.0 Å². The summed E-state index contributed by atoms with van der Waals surface area (Å²) in [5.74, 6) is 1.79. The number of urea groups is 1. The van der Waals surface area contributed by atoms with Crippen LogP contribution in [-0.2, 0) is 33.2 Å². The number of anilines is 3. The number of ether oxygens (including phenoxy) is 5. The van der Waals surface area contributed by atoms with Crippen LogP contribution in [0.1, 0.15) is 53.7 Å². The summed E-state index contributed by atoms with van der Waals surface area (Å²) in [5, 5.41) is 16.3. The summed E-state index contributed by atoms with van der Waals surface area (Å²) < 4.78 is 61.1. The van der Waals surface area contributed by atoms with Gasteiger partial charge in [-0.3, -0.25) is 9.71 Å². The van der Waals surface area contributed by atoms with Crippen LogP contribution in [0.3, 0.4) is 0 Å². The van der Waals surface area contributed by atoms with Gasteiger partial charge in [-0.05, 0) is 65.1 Å². The zero-order chi connectivity index (χ0) is 43.0. The molecule has 0 fully saturated rings. The van der Waals surface area contributed by atoms with E-state index in [4.69, 9.17) is 33.2 Å². The Labute approximate surface area is 347 Å². The van der Waals surface area contributed by atoms with Crippen LogP contribution in [-0.4, -0.2) is 64.2 Å². The van der Waals surface area contributed by atoms with Crippen molar-refractivity contribution >= 4 is 49.9 Å². The van der Waals surface area contributed by atoms with Crippen molar-refractivity contribution in [2.24, 2.45) is 0 Å². The SMILES string of the molecule is COc1cc(Cc2cc(Oc3ccc(NC(=O)Nc4cc(C(C)(C)C)cc(NS(C)(=O)=O)c4OC)c4ccccc34)ccn2)cc(OCCOCc2cc(C(=O)O)co2)c1. The number of nitrogens with one attached hydrogen (secondary N) is 3. The second-order valence-electron chi connectivity index (χ2n) is 14.8. The van der Waals surface area contributed by atoms with Crippen LogP contribution in [0.5, 0.6) is 28.7 Å². The molecule has 0 saturated carbocycles. The Bertz CT molecular complexity index is 2620. The number of carboxylic acid groups (broad SMARTS) is 1. The van der Waals surface area contributed by atoms with E-state index < -0.39 is 22.0 Å². The van der Waals surface area contributed by atoms with Gasteiger partial charge in [0, 0.05) is 41.2 Å². The Morgan fingerprint density at radius 3 is 2.25 bits per heavy atom. The third-order valence-corrected chi connectivity index (χ3v) is 9.64. The number of fused-ring (bicyclic) bond motifs is 1. The average molecular weight is 839 g/mol. The number of benzene rings is 4. The number of methoxy groups -OCH3 is 2. The van der Waals surface area contributed by atoms with E-state index in [0.717, 1.165) is 33.8 Å². The summed E-state index contributed by atoms with van der Waals surface area (Å²) in [6.45, 7) is 6.52. The molecular formula is C44H46N4O11S. The van der Waals surface area contributed by atoms with Crippen LogP contribution >= 0.6 is 0 Å². The lowest BCUT2D eigenvalue weighted by atomic mass is 9.86. The Morgan fingerprint density at radius 2 is 1.55 bits per heavy atom. The Kier molecular flexibility index (Phi) is 13.2. The number of pyridine rings is 1. The van der Waals surface area contributed by atoms with Gasteiger partial charge in [-0.1, -0.05) is 45.0 Å². The highest BCUT2D eigenvalue weighted by Gasteiger charge is 2.23. The topological polar surface area (TPSA) is 197 Å². The van der Waals surface area contributed by atoms with Crippen molar-refractivity contribution in [1.82, 2.24) is 4.98 Å². The van der Waals surface area contributed by atoms with Gasteiger partial charge in [0.25, 0.3) is 0 Å². The van der Waals surface area contributed by atoms with Crippen molar-refractivity contribution in [3.05, 3.63) is 126 Å². The van der Waals surface area contributed by atoms with Gasteiger partial charge in [0.2, 0.25) is 10.0 Å². The molecule has 0 aliphatic heterocycles. The standard InChI is InChI=1S/C44H46N4O11S/c1-44(2,3)29-21-38(41(55-5)39(22-29)48-60(6,52)53)47-43(51)46-37-11-12-40(36-10-8-7-9-35(36)37)59-31-13-14-45-30(23-31)17-27-18-32(54-4)24-33(19-27)57-16-15-56-26-34-20-28(25-58-34)42(49)50/h7-14,18-25,48H,15-17,26H2,1-6H3,(H,49,50)(H2,46,47,51). The van der Waals surface area contributed by atoms with E-state index in [0.29, 0.717) is 40.9 Å². The average Bonchev–Trinajstić information content (AvgIpc) is 3.67. The van der Waals surface area contributed by atoms with Crippen LogP contribution in [0.4, 0.5) is 21.9 Å². The van der Waals surface area contributed by atoms with E-state index in [1.807, 2.05) is 63.2 Å². The first-order valence-electron chi connectivity index (χ1n) is 18.7. The minimum Gasteiger partial charge on any atom is -0.497 e.